The van der Waals surface area contributed by atoms with Gasteiger partial charge < -0.3 is 9.80 Å². The van der Waals surface area contributed by atoms with Crippen molar-refractivity contribution in [3.05, 3.63) is 42.0 Å². The monoisotopic (exact) mass is 383 g/mol. The Morgan fingerprint density at radius 3 is 2.43 bits per heavy atom. The molecule has 1 fully saturated rings. The van der Waals surface area contributed by atoms with E-state index < -0.39 is 5.54 Å². The second-order valence-corrected chi connectivity index (χ2v) is 8.52. The summed E-state index contributed by atoms with van der Waals surface area (Å²) in [6.45, 7) is 14.7. The van der Waals surface area contributed by atoms with E-state index in [9.17, 15) is 4.79 Å². The van der Waals surface area contributed by atoms with Crippen LogP contribution in [0.5, 0.6) is 0 Å². The summed E-state index contributed by atoms with van der Waals surface area (Å²) in [5, 5.41) is 0. The van der Waals surface area contributed by atoms with Gasteiger partial charge in [0.25, 0.3) is 0 Å². The van der Waals surface area contributed by atoms with E-state index in [1.807, 2.05) is 12.1 Å². The van der Waals surface area contributed by atoms with Crippen LogP contribution >= 0.6 is 0 Å². The molecule has 1 aliphatic carbocycles. The molecule has 154 valence electrons. The van der Waals surface area contributed by atoms with Crippen molar-refractivity contribution in [2.24, 2.45) is 11.8 Å². The summed E-state index contributed by atoms with van der Waals surface area (Å²) in [5.41, 5.74) is 1.56. The molecule has 1 heterocycles. The summed E-state index contributed by atoms with van der Waals surface area (Å²) in [4.78, 5) is 21.3. The summed E-state index contributed by atoms with van der Waals surface area (Å²) in [6, 6.07) is 8.31. The molecule has 0 aromatic heterocycles. The maximum Gasteiger partial charge on any atom is 0.184 e. The van der Waals surface area contributed by atoms with Crippen LogP contribution in [0, 0.1) is 11.8 Å². The fraction of sp³-hybridized carbons (Fsp3) is 0.625. The van der Waals surface area contributed by atoms with Gasteiger partial charge in [-0.2, -0.15) is 0 Å². The summed E-state index contributed by atoms with van der Waals surface area (Å²) < 4.78 is 0. The second kappa shape index (κ2) is 8.79. The van der Waals surface area contributed by atoms with Crippen LogP contribution in [0.25, 0.3) is 0 Å². The first-order chi connectivity index (χ1) is 13.4. The molecule has 3 unspecified atom stereocenters. The number of carbonyl (C=O) groups excluding carboxylic acids is 1. The quantitative estimate of drug-likeness (QED) is 0.549. The minimum Gasteiger partial charge on any atom is -0.372 e. The van der Waals surface area contributed by atoms with Crippen LogP contribution in [0.2, 0.25) is 0 Å². The minimum atomic E-state index is -0.447. The highest BCUT2D eigenvalue weighted by molar-refractivity contribution is 6.04. The third kappa shape index (κ3) is 3.65. The van der Waals surface area contributed by atoms with Gasteiger partial charge in [0.05, 0.1) is 5.54 Å². The SMILES string of the molecule is CCN(CC)c1cccc(C(=O)C2(N3CCN(C)CC3)C(C)C=CCC2C)c1. The fourth-order valence-electron chi connectivity index (χ4n) is 5.28. The highest BCUT2D eigenvalue weighted by Crippen LogP contribution is 2.42. The molecule has 0 saturated carbocycles. The first-order valence-electron chi connectivity index (χ1n) is 10.9. The molecule has 2 aliphatic rings. The Balaban J connectivity index is 2.03. The molecule has 0 bridgehead atoms. The molecule has 0 radical (unpaired) electrons. The molecule has 0 amide bonds. The first kappa shape index (κ1) is 21.1. The van der Waals surface area contributed by atoms with Crippen LogP contribution in [0.4, 0.5) is 5.69 Å². The average Bonchev–Trinajstić information content (AvgIpc) is 2.70. The number of carbonyl (C=O) groups is 1. The first-order valence-corrected chi connectivity index (χ1v) is 10.9. The molecule has 4 nitrogen and oxygen atoms in total. The highest BCUT2D eigenvalue weighted by Gasteiger charge is 2.52. The van der Waals surface area contributed by atoms with Gasteiger partial charge >= 0.3 is 0 Å². The Morgan fingerprint density at radius 2 is 1.82 bits per heavy atom. The summed E-state index contributed by atoms with van der Waals surface area (Å²) >= 11 is 0. The van der Waals surface area contributed by atoms with E-state index in [4.69, 9.17) is 0 Å². The average molecular weight is 384 g/mol. The van der Waals surface area contributed by atoms with Gasteiger partial charge in [0.2, 0.25) is 0 Å². The van der Waals surface area contributed by atoms with Crippen molar-refractivity contribution in [3.8, 4) is 0 Å². The topological polar surface area (TPSA) is 26.8 Å². The van der Waals surface area contributed by atoms with Crippen molar-refractivity contribution < 1.29 is 4.79 Å². The van der Waals surface area contributed by atoms with Crippen molar-refractivity contribution in [1.82, 2.24) is 9.80 Å². The predicted octanol–water partition coefficient (Wildman–Crippen LogP) is 3.93. The molecule has 28 heavy (non-hydrogen) atoms. The normalized spacial score (nSPS) is 29.0. The number of nitrogens with zero attached hydrogens (tertiary/aromatic N) is 3. The van der Waals surface area contributed by atoms with Crippen LogP contribution < -0.4 is 4.90 Å². The Hall–Kier alpha value is -1.65. The molecule has 1 aliphatic heterocycles. The number of allylic oxidation sites excluding steroid dienone is 1. The van der Waals surface area contributed by atoms with Gasteiger partial charge in [0, 0.05) is 56.4 Å². The summed E-state index contributed by atoms with van der Waals surface area (Å²) in [5.74, 6) is 0.820. The number of piperazine rings is 1. The Kier molecular flexibility index (Phi) is 6.61. The van der Waals surface area contributed by atoms with E-state index >= 15 is 0 Å². The minimum absolute atomic E-state index is 0.212. The lowest BCUT2D eigenvalue weighted by molar-refractivity contribution is -0.0109. The highest BCUT2D eigenvalue weighted by atomic mass is 16.1. The number of ketones is 1. The largest absolute Gasteiger partial charge is 0.372 e. The zero-order chi connectivity index (χ0) is 20.3. The van der Waals surface area contributed by atoms with Crippen molar-refractivity contribution in [1.29, 1.82) is 0 Å². The zero-order valence-corrected chi connectivity index (χ0v) is 18.3. The lowest BCUT2D eigenvalue weighted by Crippen LogP contribution is -2.66. The Bertz CT molecular complexity index is 704. The van der Waals surface area contributed by atoms with E-state index in [1.165, 1.54) is 0 Å². The fourth-order valence-corrected chi connectivity index (χ4v) is 5.28. The molecule has 3 atom stereocenters. The number of benzene rings is 1. The molecule has 3 rings (SSSR count). The van der Waals surface area contributed by atoms with Crippen LogP contribution in [0.15, 0.2) is 36.4 Å². The number of hydrogen-bond donors (Lipinski definition) is 0. The third-order valence-corrected chi connectivity index (χ3v) is 6.99. The van der Waals surface area contributed by atoms with Crippen LogP contribution in [-0.2, 0) is 0 Å². The summed E-state index contributed by atoms with van der Waals surface area (Å²) in [6.07, 6.45) is 5.51. The number of rotatable bonds is 6. The maximum atomic E-state index is 14.2. The number of anilines is 1. The standard InChI is InChI=1S/C24H37N3O/c1-6-26(7-2)22-13-9-12-21(18-22)23(28)24(19(3)10-8-11-20(24)4)27-16-14-25(5)15-17-27/h8-10,12-13,18-20H,6-7,11,14-17H2,1-5H3. The molecule has 1 aromatic rings. The van der Waals surface area contributed by atoms with Gasteiger partial charge in [-0.05, 0) is 45.4 Å². The lowest BCUT2D eigenvalue weighted by atomic mass is 9.65. The molecule has 1 saturated heterocycles. The van der Waals surface area contributed by atoms with E-state index in [-0.39, 0.29) is 5.92 Å². The van der Waals surface area contributed by atoms with Gasteiger partial charge in [-0.3, -0.25) is 9.69 Å². The second-order valence-electron chi connectivity index (χ2n) is 8.52. The van der Waals surface area contributed by atoms with Crippen molar-refractivity contribution >= 4 is 11.5 Å². The van der Waals surface area contributed by atoms with Crippen LogP contribution in [0.3, 0.4) is 0 Å². The molecule has 1 aromatic carbocycles. The molecule has 0 spiro atoms. The van der Waals surface area contributed by atoms with Crippen molar-refractivity contribution in [2.75, 3.05) is 51.2 Å². The van der Waals surface area contributed by atoms with Crippen molar-refractivity contribution in [2.45, 2.75) is 39.7 Å². The van der Waals surface area contributed by atoms with E-state index in [0.29, 0.717) is 11.7 Å². The van der Waals surface area contributed by atoms with Gasteiger partial charge in [-0.15, -0.1) is 0 Å². The van der Waals surface area contributed by atoms with E-state index in [2.05, 4.69) is 73.7 Å². The zero-order valence-electron chi connectivity index (χ0n) is 18.3. The van der Waals surface area contributed by atoms with Crippen LogP contribution in [-0.4, -0.2) is 67.4 Å². The van der Waals surface area contributed by atoms with Gasteiger partial charge in [-0.25, -0.2) is 0 Å². The van der Waals surface area contributed by atoms with Crippen LogP contribution in [0.1, 0.15) is 44.5 Å². The number of Topliss-reactive ketones (excluding diaryl/α,β-unsaturated/α-hetero) is 1. The molecule has 4 heteroatoms. The Labute approximate surface area is 171 Å². The maximum absolute atomic E-state index is 14.2. The van der Waals surface area contributed by atoms with E-state index in [1.54, 1.807) is 0 Å². The number of likely N-dealkylation sites (N-methyl/N-ethyl adjacent to an activating group) is 1. The van der Waals surface area contributed by atoms with Gasteiger partial charge in [-0.1, -0.05) is 38.1 Å². The van der Waals surface area contributed by atoms with Gasteiger partial charge in [0.15, 0.2) is 5.78 Å². The molecule has 0 N–H and O–H groups in total. The number of hydrogen-bond acceptors (Lipinski definition) is 4. The Morgan fingerprint density at radius 1 is 1.14 bits per heavy atom. The van der Waals surface area contributed by atoms with Crippen molar-refractivity contribution in [3.63, 3.8) is 0 Å². The van der Waals surface area contributed by atoms with E-state index in [0.717, 1.165) is 56.9 Å². The summed E-state index contributed by atoms with van der Waals surface area (Å²) in [7, 11) is 2.17. The molecular weight excluding hydrogens is 346 g/mol. The molecular formula is C24H37N3O. The smallest absolute Gasteiger partial charge is 0.184 e. The van der Waals surface area contributed by atoms with Gasteiger partial charge in [0.1, 0.15) is 0 Å². The lowest BCUT2D eigenvalue weighted by Gasteiger charge is -2.53. The third-order valence-electron chi connectivity index (χ3n) is 6.99. The predicted molar refractivity (Wildman–Crippen MR) is 118 cm³/mol.